The van der Waals surface area contributed by atoms with Crippen molar-refractivity contribution in [1.29, 1.82) is 0 Å². The van der Waals surface area contributed by atoms with Crippen LogP contribution < -0.4 is 0 Å². The quantitative estimate of drug-likeness (QED) is 0.394. The standard InChI is InChI=1S/C15H28N/c1-3-4-5-6-7-8-9-10-13-16(2)14-11-12-15-16/h11-12,14-15H,3-10,13H2,1-2H3/q+1. The van der Waals surface area contributed by atoms with Gasteiger partial charge in [0.25, 0.3) is 0 Å². The van der Waals surface area contributed by atoms with E-state index in [0.717, 1.165) is 4.48 Å². The predicted octanol–water partition coefficient (Wildman–Crippen LogP) is 4.61. The van der Waals surface area contributed by atoms with Crippen molar-refractivity contribution in [3.8, 4) is 0 Å². The van der Waals surface area contributed by atoms with Gasteiger partial charge in [-0.1, -0.05) is 45.4 Å². The molecular weight excluding hydrogens is 194 g/mol. The molecule has 0 fully saturated rings. The van der Waals surface area contributed by atoms with Gasteiger partial charge >= 0.3 is 0 Å². The Balaban J connectivity index is 1.88. The molecule has 0 saturated heterocycles. The fourth-order valence-electron chi connectivity index (χ4n) is 2.28. The summed E-state index contributed by atoms with van der Waals surface area (Å²) in [6.45, 7) is 3.54. The maximum Gasteiger partial charge on any atom is 0.100 e. The molecule has 0 N–H and O–H groups in total. The van der Waals surface area contributed by atoms with Gasteiger partial charge in [0, 0.05) is 0 Å². The van der Waals surface area contributed by atoms with Gasteiger partial charge in [0.1, 0.15) is 12.4 Å². The first-order chi connectivity index (χ1) is 7.77. The fourth-order valence-corrected chi connectivity index (χ4v) is 2.28. The zero-order valence-corrected chi connectivity index (χ0v) is 11.1. The molecular formula is C15H28N+. The lowest BCUT2D eigenvalue weighted by atomic mass is 10.1. The van der Waals surface area contributed by atoms with E-state index in [2.05, 4.69) is 38.5 Å². The van der Waals surface area contributed by atoms with Crippen LogP contribution in [0, 0.1) is 0 Å². The Morgan fingerprint density at radius 3 is 1.81 bits per heavy atom. The molecule has 0 unspecified atom stereocenters. The van der Waals surface area contributed by atoms with Gasteiger partial charge < -0.3 is 0 Å². The molecule has 0 bridgehead atoms. The lowest BCUT2D eigenvalue weighted by Crippen LogP contribution is -2.31. The van der Waals surface area contributed by atoms with E-state index in [1.807, 2.05) is 0 Å². The van der Waals surface area contributed by atoms with Crippen molar-refractivity contribution in [3.63, 3.8) is 0 Å². The van der Waals surface area contributed by atoms with E-state index in [4.69, 9.17) is 0 Å². The first kappa shape index (κ1) is 13.5. The van der Waals surface area contributed by atoms with Crippen molar-refractivity contribution < 1.29 is 4.48 Å². The Bertz CT molecular complexity index is 216. The SMILES string of the molecule is CCCCCCCCCC[N+]1(C)C=CC=C1. The number of rotatable bonds is 9. The molecule has 92 valence electrons. The van der Waals surface area contributed by atoms with Crippen LogP contribution >= 0.6 is 0 Å². The number of hydrogen-bond donors (Lipinski definition) is 0. The summed E-state index contributed by atoms with van der Waals surface area (Å²) < 4.78 is 1.01. The van der Waals surface area contributed by atoms with Gasteiger partial charge in [-0.15, -0.1) is 0 Å². The number of unbranched alkanes of at least 4 members (excludes halogenated alkanes) is 7. The molecule has 1 nitrogen and oxygen atoms in total. The topological polar surface area (TPSA) is 0 Å². The van der Waals surface area contributed by atoms with Crippen molar-refractivity contribution in [2.24, 2.45) is 0 Å². The molecule has 0 atom stereocenters. The first-order valence-corrected chi connectivity index (χ1v) is 6.99. The van der Waals surface area contributed by atoms with E-state index in [-0.39, 0.29) is 0 Å². The minimum absolute atomic E-state index is 1.01. The summed E-state index contributed by atoms with van der Waals surface area (Å²) in [5.41, 5.74) is 0. The molecule has 1 rings (SSSR count). The van der Waals surface area contributed by atoms with Crippen LogP contribution in [0.5, 0.6) is 0 Å². The fraction of sp³-hybridized carbons (Fsp3) is 0.733. The first-order valence-electron chi connectivity index (χ1n) is 6.99. The summed E-state index contributed by atoms with van der Waals surface area (Å²) in [6, 6.07) is 0. The zero-order valence-electron chi connectivity index (χ0n) is 11.1. The molecule has 16 heavy (non-hydrogen) atoms. The third-order valence-corrected chi connectivity index (χ3v) is 3.46. The Hall–Kier alpha value is -0.560. The number of hydrogen-bond acceptors (Lipinski definition) is 0. The summed E-state index contributed by atoms with van der Waals surface area (Å²) in [6.07, 6.45) is 20.2. The highest BCUT2D eigenvalue weighted by molar-refractivity contribution is 5.03. The van der Waals surface area contributed by atoms with E-state index in [1.54, 1.807) is 0 Å². The number of allylic oxidation sites excluding steroid dienone is 2. The number of quaternary nitrogens is 1. The van der Waals surface area contributed by atoms with Gasteiger partial charge in [0.15, 0.2) is 0 Å². The van der Waals surface area contributed by atoms with E-state index in [1.165, 1.54) is 57.9 Å². The van der Waals surface area contributed by atoms with Crippen LogP contribution in [0.25, 0.3) is 0 Å². The second-order valence-electron chi connectivity index (χ2n) is 5.23. The molecule has 0 aliphatic carbocycles. The highest BCUT2D eigenvalue weighted by Gasteiger charge is 2.16. The second kappa shape index (κ2) is 7.67. The second-order valence-corrected chi connectivity index (χ2v) is 5.23. The third-order valence-electron chi connectivity index (χ3n) is 3.46. The molecule has 1 aliphatic heterocycles. The van der Waals surface area contributed by atoms with Crippen molar-refractivity contribution in [2.75, 3.05) is 13.6 Å². The van der Waals surface area contributed by atoms with Crippen LogP contribution in [0.3, 0.4) is 0 Å². The zero-order chi connectivity index (χ0) is 11.7. The van der Waals surface area contributed by atoms with Crippen LogP contribution in [0.2, 0.25) is 0 Å². The van der Waals surface area contributed by atoms with E-state index in [0.29, 0.717) is 0 Å². The van der Waals surface area contributed by atoms with Crippen molar-refractivity contribution in [2.45, 2.75) is 58.3 Å². The highest BCUT2D eigenvalue weighted by atomic mass is 15.3. The molecule has 1 aliphatic rings. The summed E-state index contributed by atoms with van der Waals surface area (Å²) in [7, 11) is 2.28. The van der Waals surface area contributed by atoms with Crippen LogP contribution in [0.1, 0.15) is 58.3 Å². The maximum absolute atomic E-state index is 2.28. The third kappa shape index (κ3) is 5.50. The van der Waals surface area contributed by atoms with Crippen molar-refractivity contribution >= 4 is 0 Å². The van der Waals surface area contributed by atoms with Gasteiger partial charge in [-0.3, -0.25) is 4.48 Å². The predicted molar refractivity (Wildman–Crippen MR) is 71.9 cm³/mol. The average molecular weight is 222 g/mol. The molecule has 1 heteroatoms. The van der Waals surface area contributed by atoms with Crippen molar-refractivity contribution in [1.82, 2.24) is 0 Å². The van der Waals surface area contributed by atoms with E-state index >= 15 is 0 Å². The van der Waals surface area contributed by atoms with Gasteiger partial charge in [0.2, 0.25) is 0 Å². The maximum atomic E-state index is 2.28. The minimum atomic E-state index is 1.01. The van der Waals surface area contributed by atoms with Crippen LogP contribution in [0.4, 0.5) is 0 Å². The van der Waals surface area contributed by atoms with Crippen LogP contribution in [-0.2, 0) is 0 Å². The van der Waals surface area contributed by atoms with E-state index < -0.39 is 0 Å². The van der Waals surface area contributed by atoms with Gasteiger partial charge in [-0.2, -0.15) is 0 Å². The Labute approximate surface area is 101 Å². The molecule has 0 amide bonds. The smallest absolute Gasteiger partial charge is 0.100 e. The summed E-state index contributed by atoms with van der Waals surface area (Å²) in [5, 5.41) is 0. The Morgan fingerprint density at radius 2 is 1.25 bits per heavy atom. The molecule has 0 aromatic rings. The lowest BCUT2D eigenvalue weighted by Gasteiger charge is -2.22. The van der Waals surface area contributed by atoms with Crippen LogP contribution in [-0.4, -0.2) is 18.1 Å². The van der Waals surface area contributed by atoms with Gasteiger partial charge in [-0.05, 0) is 25.0 Å². The summed E-state index contributed by atoms with van der Waals surface area (Å²) in [5.74, 6) is 0. The normalized spacial score (nSPS) is 17.1. The monoisotopic (exact) mass is 222 g/mol. The number of nitrogens with zero attached hydrogens (tertiary/aromatic N) is 1. The molecule has 0 saturated carbocycles. The summed E-state index contributed by atoms with van der Waals surface area (Å²) >= 11 is 0. The van der Waals surface area contributed by atoms with Gasteiger partial charge in [-0.25, -0.2) is 0 Å². The average Bonchev–Trinajstić information content (AvgIpc) is 2.70. The summed E-state index contributed by atoms with van der Waals surface area (Å²) in [4.78, 5) is 0. The molecule has 0 aromatic carbocycles. The van der Waals surface area contributed by atoms with Crippen molar-refractivity contribution in [3.05, 3.63) is 24.6 Å². The Kier molecular flexibility index (Phi) is 6.47. The largest absolute Gasteiger partial charge is 0.273 e. The minimum Gasteiger partial charge on any atom is -0.273 e. The van der Waals surface area contributed by atoms with E-state index in [9.17, 15) is 0 Å². The molecule has 0 radical (unpaired) electrons. The molecule has 0 aromatic heterocycles. The lowest BCUT2D eigenvalue weighted by molar-refractivity contribution is -0.804. The molecule has 1 heterocycles. The highest BCUT2D eigenvalue weighted by Crippen LogP contribution is 2.15. The Morgan fingerprint density at radius 1 is 0.750 bits per heavy atom. The van der Waals surface area contributed by atoms with Gasteiger partial charge in [0.05, 0.1) is 13.6 Å². The van der Waals surface area contributed by atoms with Crippen LogP contribution in [0.15, 0.2) is 24.6 Å². The molecule has 0 spiro atoms.